The zero-order chi connectivity index (χ0) is 11.8. The summed E-state index contributed by atoms with van der Waals surface area (Å²) in [6.45, 7) is 4.65. The molecule has 1 atom stereocenters. The van der Waals surface area contributed by atoms with E-state index in [1.54, 1.807) is 0 Å². The molecule has 1 aliphatic rings. The molecule has 0 spiro atoms. The van der Waals surface area contributed by atoms with Crippen LogP contribution in [0.15, 0.2) is 0 Å². The molecule has 0 heterocycles. The minimum absolute atomic E-state index is 0.697. The lowest BCUT2D eigenvalue weighted by Gasteiger charge is -2.27. The van der Waals surface area contributed by atoms with Crippen LogP contribution in [0.4, 0.5) is 0 Å². The summed E-state index contributed by atoms with van der Waals surface area (Å²) in [5.41, 5.74) is 0. The molecule has 96 valence electrons. The summed E-state index contributed by atoms with van der Waals surface area (Å²) in [6.07, 6.45) is 9.27. The average Bonchev–Trinajstić information content (AvgIpc) is 2.30. The Balaban J connectivity index is 2.04. The summed E-state index contributed by atoms with van der Waals surface area (Å²) >= 11 is 1.94. The van der Waals surface area contributed by atoms with E-state index in [0.29, 0.717) is 6.04 Å². The molecule has 1 aliphatic carbocycles. The molecule has 0 bridgehead atoms. The van der Waals surface area contributed by atoms with Gasteiger partial charge in [-0.2, -0.15) is 11.8 Å². The minimum Gasteiger partial charge on any atom is -0.313 e. The molecule has 2 nitrogen and oxygen atoms in total. The van der Waals surface area contributed by atoms with Crippen molar-refractivity contribution in [3.63, 3.8) is 0 Å². The highest BCUT2D eigenvalue weighted by Gasteiger charge is 2.13. The van der Waals surface area contributed by atoms with Gasteiger partial charge >= 0.3 is 0 Å². The van der Waals surface area contributed by atoms with Gasteiger partial charge in [-0.25, -0.2) is 0 Å². The van der Waals surface area contributed by atoms with Crippen LogP contribution in [-0.4, -0.2) is 49.1 Å². The lowest BCUT2D eigenvalue weighted by Crippen LogP contribution is -2.40. The zero-order valence-electron chi connectivity index (χ0n) is 11.2. The summed E-state index contributed by atoms with van der Waals surface area (Å²) in [6, 6.07) is 1.50. The first-order valence-electron chi connectivity index (χ1n) is 6.66. The van der Waals surface area contributed by atoms with Crippen LogP contribution in [0.3, 0.4) is 0 Å². The van der Waals surface area contributed by atoms with Crippen molar-refractivity contribution >= 4 is 11.8 Å². The van der Waals surface area contributed by atoms with Crippen LogP contribution < -0.4 is 5.32 Å². The molecule has 0 aromatic heterocycles. The lowest BCUT2D eigenvalue weighted by atomic mass is 9.95. The molecule has 1 N–H and O–H groups in total. The van der Waals surface area contributed by atoms with Gasteiger partial charge in [0.15, 0.2) is 0 Å². The van der Waals surface area contributed by atoms with E-state index in [1.165, 1.54) is 44.4 Å². The van der Waals surface area contributed by atoms with Crippen LogP contribution in [0.2, 0.25) is 0 Å². The van der Waals surface area contributed by atoms with Gasteiger partial charge in [0.2, 0.25) is 0 Å². The van der Waals surface area contributed by atoms with Gasteiger partial charge in [0.25, 0.3) is 0 Å². The Morgan fingerprint density at radius 1 is 1.31 bits per heavy atom. The van der Waals surface area contributed by atoms with Gasteiger partial charge in [-0.3, -0.25) is 0 Å². The molecule has 0 amide bonds. The average molecular weight is 244 g/mol. The highest BCUT2D eigenvalue weighted by Crippen LogP contribution is 2.17. The normalized spacial score (nSPS) is 20.2. The lowest BCUT2D eigenvalue weighted by molar-refractivity contribution is 0.265. The van der Waals surface area contributed by atoms with Crippen molar-refractivity contribution in [1.82, 2.24) is 10.2 Å². The predicted molar refractivity (Wildman–Crippen MR) is 75.3 cm³/mol. The van der Waals surface area contributed by atoms with Crippen LogP contribution in [0.5, 0.6) is 0 Å². The second kappa shape index (κ2) is 8.37. The first-order valence-corrected chi connectivity index (χ1v) is 8.06. The van der Waals surface area contributed by atoms with Crippen molar-refractivity contribution in [3.8, 4) is 0 Å². The molecular weight excluding hydrogens is 216 g/mol. The smallest absolute Gasteiger partial charge is 0.0155 e. The Hall–Kier alpha value is 0.270. The first-order chi connectivity index (χ1) is 7.74. The topological polar surface area (TPSA) is 15.3 Å². The molecule has 3 heteroatoms. The predicted octanol–water partition coefficient (Wildman–Crippen LogP) is 2.59. The number of hydrogen-bond acceptors (Lipinski definition) is 3. The highest BCUT2D eigenvalue weighted by atomic mass is 32.2. The second-order valence-electron chi connectivity index (χ2n) is 5.07. The van der Waals surface area contributed by atoms with Gasteiger partial charge in [0, 0.05) is 30.9 Å². The molecule has 1 saturated carbocycles. The Bertz CT molecular complexity index is 169. The number of nitrogens with one attached hydrogen (secondary N) is 1. The fraction of sp³-hybridized carbons (Fsp3) is 1.00. The van der Waals surface area contributed by atoms with Crippen molar-refractivity contribution in [2.75, 3.05) is 32.1 Å². The van der Waals surface area contributed by atoms with Crippen LogP contribution in [0.25, 0.3) is 0 Å². The molecular formula is C13H28N2S. The van der Waals surface area contributed by atoms with Gasteiger partial charge in [0.05, 0.1) is 0 Å². The largest absolute Gasteiger partial charge is 0.313 e. The Kier molecular flexibility index (Phi) is 7.50. The highest BCUT2D eigenvalue weighted by molar-refractivity contribution is 7.98. The Labute approximate surface area is 106 Å². The minimum atomic E-state index is 0.697. The maximum absolute atomic E-state index is 3.70. The van der Waals surface area contributed by atoms with Crippen molar-refractivity contribution in [2.45, 2.75) is 51.1 Å². The van der Waals surface area contributed by atoms with Gasteiger partial charge in [-0.1, -0.05) is 19.3 Å². The van der Waals surface area contributed by atoms with E-state index in [0.717, 1.165) is 12.6 Å². The quantitative estimate of drug-likeness (QED) is 0.741. The summed E-state index contributed by atoms with van der Waals surface area (Å²) in [7, 11) is 2.24. The van der Waals surface area contributed by atoms with Crippen molar-refractivity contribution < 1.29 is 0 Å². The molecule has 0 aliphatic heterocycles. The maximum atomic E-state index is 3.70. The third kappa shape index (κ3) is 5.55. The number of rotatable bonds is 7. The van der Waals surface area contributed by atoms with E-state index in [1.807, 2.05) is 11.8 Å². The van der Waals surface area contributed by atoms with Crippen LogP contribution in [-0.2, 0) is 0 Å². The Morgan fingerprint density at radius 2 is 2.00 bits per heavy atom. The third-order valence-electron chi connectivity index (χ3n) is 3.66. The van der Waals surface area contributed by atoms with Crippen molar-refractivity contribution in [3.05, 3.63) is 0 Å². The molecule has 1 rings (SSSR count). The van der Waals surface area contributed by atoms with E-state index < -0.39 is 0 Å². The number of nitrogens with zero attached hydrogens (tertiary/aromatic N) is 1. The first kappa shape index (κ1) is 14.3. The number of thioether (sulfide) groups is 1. The molecule has 1 fully saturated rings. The van der Waals surface area contributed by atoms with Gasteiger partial charge in [-0.15, -0.1) is 0 Å². The van der Waals surface area contributed by atoms with Gasteiger partial charge < -0.3 is 10.2 Å². The summed E-state index contributed by atoms with van der Waals surface area (Å²) in [5.74, 6) is 1.24. The van der Waals surface area contributed by atoms with Crippen LogP contribution >= 0.6 is 11.8 Å². The van der Waals surface area contributed by atoms with E-state index in [4.69, 9.17) is 0 Å². The number of likely N-dealkylation sites (N-methyl/N-ethyl adjacent to an activating group) is 1. The number of hydrogen-bond donors (Lipinski definition) is 1. The molecule has 1 unspecified atom stereocenters. The molecule has 0 aromatic carbocycles. The summed E-state index contributed by atoms with van der Waals surface area (Å²) in [4.78, 5) is 2.46. The zero-order valence-corrected chi connectivity index (χ0v) is 12.0. The van der Waals surface area contributed by atoms with Crippen LogP contribution in [0, 0.1) is 0 Å². The van der Waals surface area contributed by atoms with E-state index in [2.05, 4.69) is 30.4 Å². The third-order valence-corrected chi connectivity index (χ3v) is 4.48. The van der Waals surface area contributed by atoms with Gasteiger partial charge in [0.1, 0.15) is 0 Å². The maximum Gasteiger partial charge on any atom is 0.0155 e. The Morgan fingerprint density at radius 3 is 2.62 bits per heavy atom. The monoisotopic (exact) mass is 244 g/mol. The summed E-state index contributed by atoms with van der Waals surface area (Å²) < 4.78 is 0. The SMILES string of the molecule is CSCC(C)N(C)CCNC1CCCCC1. The second-order valence-corrected chi connectivity index (χ2v) is 5.98. The standard InChI is InChI=1S/C13H28N2S/c1-12(11-16-3)15(2)10-9-14-13-7-5-4-6-8-13/h12-14H,4-11H2,1-3H3. The van der Waals surface area contributed by atoms with Crippen LogP contribution in [0.1, 0.15) is 39.0 Å². The fourth-order valence-electron chi connectivity index (χ4n) is 2.34. The molecule has 0 saturated heterocycles. The van der Waals surface area contributed by atoms with E-state index in [-0.39, 0.29) is 0 Å². The van der Waals surface area contributed by atoms with Gasteiger partial charge in [-0.05, 0) is 33.1 Å². The van der Waals surface area contributed by atoms with Crippen molar-refractivity contribution in [2.24, 2.45) is 0 Å². The van der Waals surface area contributed by atoms with Crippen molar-refractivity contribution in [1.29, 1.82) is 0 Å². The molecule has 0 radical (unpaired) electrons. The summed E-state index contributed by atoms with van der Waals surface area (Å²) in [5, 5.41) is 3.70. The molecule has 16 heavy (non-hydrogen) atoms. The molecule has 0 aromatic rings. The fourth-order valence-corrected chi connectivity index (χ4v) is 3.08. The van der Waals surface area contributed by atoms with E-state index >= 15 is 0 Å². The van der Waals surface area contributed by atoms with E-state index in [9.17, 15) is 0 Å².